The number of rotatable bonds is 3. The molecule has 0 aliphatic carbocycles. The molecule has 0 saturated carbocycles. The third-order valence-corrected chi connectivity index (χ3v) is 4.09. The van der Waals surface area contributed by atoms with Gasteiger partial charge in [0.15, 0.2) is 0 Å². The van der Waals surface area contributed by atoms with Gasteiger partial charge in [-0.3, -0.25) is 4.79 Å². The maximum absolute atomic E-state index is 13.4. The number of aromatic hydroxyl groups is 1. The van der Waals surface area contributed by atoms with Crippen LogP contribution in [0.4, 0.5) is 10.1 Å². The molecule has 2 N–H and O–H groups in total. The van der Waals surface area contributed by atoms with Gasteiger partial charge in [0.1, 0.15) is 11.6 Å². The van der Waals surface area contributed by atoms with Gasteiger partial charge in [-0.15, -0.1) is 0 Å². The number of carbonyl (C=O) groups excluding carboxylic acids is 1. The molecular weight excluding hydrogens is 253 g/mol. The highest BCUT2D eigenvalue weighted by atomic mass is 32.2. The molecule has 0 spiro atoms. The Hall–Kier alpha value is -1.23. The van der Waals surface area contributed by atoms with E-state index < -0.39 is 5.82 Å². The topological polar surface area (TPSA) is 49.3 Å². The first-order chi connectivity index (χ1) is 8.65. The minimum absolute atomic E-state index is 0.128. The second kappa shape index (κ2) is 6.09. The molecule has 1 fully saturated rings. The molecule has 1 aromatic carbocycles. The van der Waals surface area contributed by atoms with Crippen LogP contribution in [0.15, 0.2) is 18.2 Å². The normalized spacial score (nSPS) is 16.5. The van der Waals surface area contributed by atoms with Crippen LogP contribution in [0, 0.1) is 11.7 Å². The fourth-order valence-electron chi connectivity index (χ4n) is 2.02. The molecule has 0 aromatic heterocycles. The molecule has 1 saturated heterocycles. The molecule has 3 nitrogen and oxygen atoms in total. The summed E-state index contributed by atoms with van der Waals surface area (Å²) in [5.74, 6) is 1.71. The van der Waals surface area contributed by atoms with E-state index in [2.05, 4.69) is 5.32 Å². The molecular formula is C13H16FNO2S. The van der Waals surface area contributed by atoms with E-state index in [1.807, 2.05) is 11.8 Å². The summed E-state index contributed by atoms with van der Waals surface area (Å²) in [7, 11) is 0. The number of thioether (sulfide) groups is 1. The Labute approximate surface area is 110 Å². The second-order valence-corrected chi connectivity index (χ2v) is 5.70. The smallest absolute Gasteiger partial charge is 0.224 e. The van der Waals surface area contributed by atoms with Crippen LogP contribution in [-0.4, -0.2) is 22.5 Å². The lowest BCUT2D eigenvalue weighted by Gasteiger charge is -2.20. The molecule has 1 amide bonds. The molecule has 0 bridgehead atoms. The molecule has 18 heavy (non-hydrogen) atoms. The third kappa shape index (κ3) is 3.63. The van der Waals surface area contributed by atoms with E-state index >= 15 is 0 Å². The third-order valence-electron chi connectivity index (χ3n) is 3.04. The first-order valence-corrected chi connectivity index (χ1v) is 7.17. The lowest BCUT2D eigenvalue weighted by molar-refractivity contribution is -0.117. The van der Waals surface area contributed by atoms with Crippen molar-refractivity contribution in [2.45, 2.75) is 19.3 Å². The molecule has 5 heteroatoms. The minimum atomic E-state index is -0.609. The van der Waals surface area contributed by atoms with E-state index in [0.29, 0.717) is 12.3 Å². The number of carbonyl (C=O) groups is 1. The largest absolute Gasteiger partial charge is 0.508 e. The molecule has 1 aliphatic rings. The quantitative estimate of drug-likeness (QED) is 0.829. The zero-order valence-electron chi connectivity index (χ0n) is 9.99. The molecule has 98 valence electrons. The van der Waals surface area contributed by atoms with Gasteiger partial charge >= 0.3 is 0 Å². The van der Waals surface area contributed by atoms with Gasteiger partial charge in [-0.05, 0) is 42.4 Å². The Morgan fingerprint density at radius 3 is 2.83 bits per heavy atom. The molecule has 2 rings (SSSR count). The van der Waals surface area contributed by atoms with Gasteiger partial charge in [-0.2, -0.15) is 11.8 Å². The first kappa shape index (κ1) is 13.2. The molecule has 0 atom stereocenters. The van der Waals surface area contributed by atoms with E-state index in [1.165, 1.54) is 12.1 Å². The maximum atomic E-state index is 13.4. The van der Waals surface area contributed by atoms with Gasteiger partial charge in [0.2, 0.25) is 5.91 Å². The SMILES string of the molecule is O=C(CC1CCSCC1)Nc1ccc(O)cc1F. The standard InChI is InChI=1S/C13H16FNO2S/c14-11-8-10(16)1-2-12(11)15-13(17)7-9-3-5-18-6-4-9/h1-2,8-9,16H,3-7H2,(H,15,17). The second-order valence-electron chi connectivity index (χ2n) is 4.47. The van der Waals surface area contributed by atoms with E-state index in [9.17, 15) is 9.18 Å². The summed E-state index contributed by atoms with van der Waals surface area (Å²) in [6.45, 7) is 0. The minimum Gasteiger partial charge on any atom is -0.508 e. The highest BCUT2D eigenvalue weighted by molar-refractivity contribution is 7.99. The van der Waals surface area contributed by atoms with Crippen LogP contribution in [0.25, 0.3) is 0 Å². The van der Waals surface area contributed by atoms with E-state index in [-0.39, 0.29) is 17.3 Å². The predicted molar refractivity (Wildman–Crippen MR) is 71.4 cm³/mol. The summed E-state index contributed by atoms with van der Waals surface area (Å²) in [6, 6.07) is 3.72. The average Bonchev–Trinajstić information content (AvgIpc) is 2.34. The maximum Gasteiger partial charge on any atom is 0.224 e. The van der Waals surface area contributed by atoms with E-state index in [1.54, 1.807) is 0 Å². The van der Waals surface area contributed by atoms with Gasteiger partial charge < -0.3 is 10.4 Å². The zero-order valence-corrected chi connectivity index (χ0v) is 10.8. The summed E-state index contributed by atoms with van der Waals surface area (Å²) in [5.41, 5.74) is 0.128. The number of phenolic OH excluding ortho intramolecular Hbond substituents is 1. The Bertz CT molecular complexity index is 433. The number of halogens is 1. The van der Waals surface area contributed by atoms with Crippen LogP contribution in [0.3, 0.4) is 0 Å². The van der Waals surface area contributed by atoms with Crippen molar-refractivity contribution in [2.24, 2.45) is 5.92 Å². The number of hydrogen-bond acceptors (Lipinski definition) is 3. The number of anilines is 1. The van der Waals surface area contributed by atoms with Gasteiger partial charge in [-0.25, -0.2) is 4.39 Å². The van der Waals surface area contributed by atoms with Crippen molar-refractivity contribution in [3.63, 3.8) is 0 Å². The van der Waals surface area contributed by atoms with Crippen molar-refractivity contribution in [1.82, 2.24) is 0 Å². The summed E-state index contributed by atoms with van der Waals surface area (Å²) >= 11 is 1.91. The Morgan fingerprint density at radius 2 is 2.17 bits per heavy atom. The monoisotopic (exact) mass is 269 g/mol. The van der Waals surface area contributed by atoms with Crippen molar-refractivity contribution in [1.29, 1.82) is 0 Å². The number of benzene rings is 1. The van der Waals surface area contributed by atoms with Gasteiger partial charge in [-0.1, -0.05) is 0 Å². The first-order valence-electron chi connectivity index (χ1n) is 6.01. The van der Waals surface area contributed by atoms with Crippen LogP contribution < -0.4 is 5.32 Å². The van der Waals surface area contributed by atoms with Gasteiger partial charge in [0.25, 0.3) is 0 Å². The number of hydrogen-bond donors (Lipinski definition) is 2. The van der Waals surface area contributed by atoms with Crippen molar-refractivity contribution >= 4 is 23.4 Å². The van der Waals surface area contributed by atoms with Gasteiger partial charge in [0.05, 0.1) is 5.69 Å². The van der Waals surface area contributed by atoms with E-state index in [4.69, 9.17) is 5.11 Å². The molecule has 1 heterocycles. The fourth-order valence-corrected chi connectivity index (χ4v) is 3.22. The van der Waals surface area contributed by atoms with Crippen LogP contribution in [0.5, 0.6) is 5.75 Å². The summed E-state index contributed by atoms with van der Waals surface area (Å²) in [4.78, 5) is 11.8. The lowest BCUT2D eigenvalue weighted by atomic mass is 9.98. The Balaban J connectivity index is 1.90. The van der Waals surface area contributed by atoms with Crippen LogP contribution >= 0.6 is 11.8 Å². The lowest BCUT2D eigenvalue weighted by Crippen LogP contribution is -2.20. The number of nitrogens with one attached hydrogen (secondary N) is 1. The van der Waals surface area contributed by atoms with Crippen LogP contribution in [-0.2, 0) is 4.79 Å². The molecule has 0 unspecified atom stereocenters. The summed E-state index contributed by atoms with van der Waals surface area (Å²) < 4.78 is 13.4. The summed E-state index contributed by atoms with van der Waals surface area (Å²) in [6.07, 6.45) is 2.55. The van der Waals surface area contributed by atoms with Crippen LogP contribution in [0.2, 0.25) is 0 Å². The van der Waals surface area contributed by atoms with Crippen molar-refractivity contribution < 1.29 is 14.3 Å². The molecule has 0 radical (unpaired) electrons. The number of amides is 1. The highest BCUT2D eigenvalue weighted by Gasteiger charge is 2.18. The highest BCUT2D eigenvalue weighted by Crippen LogP contribution is 2.26. The zero-order chi connectivity index (χ0) is 13.0. The summed E-state index contributed by atoms with van der Waals surface area (Å²) in [5, 5.41) is 11.6. The molecule has 1 aromatic rings. The molecule has 1 aliphatic heterocycles. The Kier molecular flexibility index (Phi) is 4.47. The Morgan fingerprint density at radius 1 is 1.44 bits per heavy atom. The average molecular weight is 269 g/mol. The van der Waals surface area contributed by atoms with Crippen LogP contribution in [0.1, 0.15) is 19.3 Å². The fraction of sp³-hybridized carbons (Fsp3) is 0.462. The van der Waals surface area contributed by atoms with Gasteiger partial charge in [0, 0.05) is 12.5 Å². The van der Waals surface area contributed by atoms with Crippen molar-refractivity contribution in [3.8, 4) is 5.75 Å². The predicted octanol–water partition coefficient (Wildman–Crippen LogP) is 3.00. The van der Waals surface area contributed by atoms with Crippen molar-refractivity contribution in [2.75, 3.05) is 16.8 Å². The van der Waals surface area contributed by atoms with Crippen molar-refractivity contribution in [3.05, 3.63) is 24.0 Å². The van der Waals surface area contributed by atoms with E-state index in [0.717, 1.165) is 30.4 Å². The number of phenols is 1.